The number of benzene rings is 1. The zero-order valence-electron chi connectivity index (χ0n) is 9.67. The summed E-state index contributed by atoms with van der Waals surface area (Å²) in [5, 5.41) is 9.58. The van der Waals surface area contributed by atoms with Crippen molar-refractivity contribution >= 4 is 22.0 Å². The minimum atomic E-state index is -0.883. The molecule has 1 saturated carbocycles. The molecule has 0 bridgehead atoms. The summed E-state index contributed by atoms with van der Waals surface area (Å²) in [6, 6.07) is 1.34. The molecule has 18 heavy (non-hydrogen) atoms. The molecule has 0 heterocycles. The van der Waals surface area contributed by atoms with Crippen LogP contribution < -0.4 is 4.74 Å². The number of rotatable bonds is 3. The van der Waals surface area contributed by atoms with Gasteiger partial charge in [-0.25, -0.2) is 9.18 Å². The summed E-state index contributed by atoms with van der Waals surface area (Å²) in [6.07, 6.45) is 3.51. The minimum Gasteiger partial charge on any atom is -0.504 e. The highest BCUT2D eigenvalue weighted by Gasteiger charge is 2.43. The van der Waals surface area contributed by atoms with Crippen LogP contribution in [0.4, 0.5) is 4.39 Å². The topological polar surface area (TPSA) is 58.9 Å². The van der Waals surface area contributed by atoms with Gasteiger partial charge in [-0.15, -0.1) is 0 Å². The Balaban J connectivity index is 2.67. The van der Waals surface area contributed by atoms with E-state index in [2.05, 4.69) is 20.9 Å². The first kappa shape index (κ1) is 13.1. The fourth-order valence-corrected chi connectivity index (χ4v) is 2.99. The van der Waals surface area contributed by atoms with Crippen LogP contribution in [-0.2, 0) is 10.3 Å². The maximum absolute atomic E-state index is 14.3. The smallest absolute Gasteiger partial charge is 0.235 e. The van der Waals surface area contributed by atoms with Gasteiger partial charge in [0.2, 0.25) is 6.08 Å². The predicted molar refractivity (Wildman–Crippen MR) is 66.0 cm³/mol. The fraction of sp³-hybridized carbons (Fsp3) is 0.417. The highest BCUT2D eigenvalue weighted by molar-refractivity contribution is 9.10. The van der Waals surface area contributed by atoms with Crippen LogP contribution >= 0.6 is 15.9 Å². The molecule has 6 heteroatoms. The van der Waals surface area contributed by atoms with Gasteiger partial charge in [-0.2, -0.15) is 4.99 Å². The van der Waals surface area contributed by atoms with E-state index in [0.717, 1.165) is 6.42 Å². The second-order valence-electron chi connectivity index (χ2n) is 4.19. The van der Waals surface area contributed by atoms with E-state index in [9.17, 15) is 14.3 Å². The Morgan fingerprint density at radius 3 is 2.72 bits per heavy atom. The molecule has 1 N–H and O–H groups in total. The van der Waals surface area contributed by atoms with Crippen molar-refractivity contribution in [3.05, 3.63) is 21.9 Å². The first-order valence-corrected chi connectivity index (χ1v) is 6.19. The number of halogens is 2. The van der Waals surface area contributed by atoms with Crippen molar-refractivity contribution in [2.75, 3.05) is 7.11 Å². The number of ether oxygens (including phenoxy) is 1. The van der Waals surface area contributed by atoms with Gasteiger partial charge >= 0.3 is 0 Å². The molecule has 2 rings (SSSR count). The standard InChI is InChI=1S/C12H11BrFNO3/c1-18-11-8(17)5-7(13)9(10(11)14)12(15-6-16)3-2-4-12/h5,17H,2-4H2,1H3. The van der Waals surface area contributed by atoms with Crippen molar-refractivity contribution in [3.8, 4) is 11.5 Å². The highest BCUT2D eigenvalue weighted by Crippen LogP contribution is 2.51. The number of phenols is 1. The van der Waals surface area contributed by atoms with E-state index < -0.39 is 11.4 Å². The molecule has 4 nitrogen and oxygen atoms in total. The maximum Gasteiger partial charge on any atom is 0.235 e. The molecule has 1 aromatic carbocycles. The van der Waals surface area contributed by atoms with E-state index in [0.29, 0.717) is 17.3 Å². The van der Waals surface area contributed by atoms with Crippen LogP contribution in [0.2, 0.25) is 0 Å². The number of phenolic OH excluding ortho intramolecular Hbond substituents is 1. The van der Waals surface area contributed by atoms with Crippen LogP contribution in [-0.4, -0.2) is 18.3 Å². The predicted octanol–water partition coefficient (Wildman–Crippen LogP) is 3.02. The molecule has 0 spiro atoms. The molecule has 0 saturated heterocycles. The van der Waals surface area contributed by atoms with Crippen molar-refractivity contribution in [2.45, 2.75) is 24.8 Å². The molecule has 96 valence electrons. The Morgan fingerprint density at radius 1 is 1.61 bits per heavy atom. The van der Waals surface area contributed by atoms with Crippen LogP contribution in [0.25, 0.3) is 0 Å². The van der Waals surface area contributed by atoms with Gasteiger partial charge in [0.1, 0.15) is 5.54 Å². The molecule has 1 fully saturated rings. The average Bonchev–Trinajstić information content (AvgIpc) is 2.25. The lowest BCUT2D eigenvalue weighted by Gasteiger charge is -2.38. The minimum absolute atomic E-state index is 0.236. The van der Waals surface area contributed by atoms with Gasteiger partial charge in [0.15, 0.2) is 17.3 Å². The van der Waals surface area contributed by atoms with Crippen molar-refractivity contribution < 1.29 is 19.0 Å². The number of aliphatic imine (C=N–C) groups is 1. The van der Waals surface area contributed by atoms with Crippen LogP contribution in [0.5, 0.6) is 11.5 Å². The van der Waals surface area contributed by atoms with Gasteiger partial charge in [-0.1, -0.05) is 15.9 Å². The lowest BCUT2D eigenvalue weighted by Crippen LogP contribution is -2.33. The lowest BCUT2D eigenvalue weighted by molar-refractivity contribution is 0.241. The third-order valence-corrected chi connectivity index (χ3v) is 3.89. The third kappa shape index (κ3) is 1.82. The summed E-state index contributed by atoms with van der Waals surface area (Å²) in [6.45, 7) is 0. The van der Waals surface area contributed by atoms with Crippen molar-refractivity contribution in [1.82, 2.24) is 0 Å². The molecule has 0 unspecified atom stereocenters. The monoisotopic (exact) mass is 315 g/mol. The Hall–Kier alpha value is -1.39. The van der Waals surface area contributed by atoms with E-state index >= 15 is 0 Å². The summed E-state index contributed by atoms with van der Waals surface area (Å²) >= 11 is 3.20. The normalized spacial score (nSPS) is 16.6. The molecule has 0 aliphatic heterocycles. The molecular weight excluding hydrogens is 305 g/mol. The quantitative estimate of drug-likeness (QED) is 0.689. The summed E-state index contributed by atoms with van der Waals surface area (Å²) < 4.78 is 19.5. The van der Waals surface area contributed by atoms with Crippen molar-refractivity contribution in [3.63, 3.8) is 0 Å². The maximum atomic E-state index is 14.3. The first-order valence-electron chi connectivity index (χ1n) is 5.40. The number of nitrogens with zero attached hydrogens (tertiary/aromatic N) is 1. The number of hydrogen-bond acceptors (Lipinski definition) is 4. The zero-order valence-corrected chi connectivity index (χ0v) is 11.3. The molecule has 0 radical (unpaired) electrons. The van der Waals surface area contributed by atoms with Gasteiger partial charge in [0.05, 0.1) is 7.11 Å². The molecular formula is C12H11BrFNO3. The van der Waals surface area contributed by atoms with Gasteiger partial charge in [-0.05, 0) is 25.3 Å². The molecule has 0 amide bonds. The lowest BCUT2D eigenvalue weighted by atomic mass is 9.72. The van der Waals surface area contributed by atoms with Gasteiger partial charge in [0.25, 0.3) is 0 Å². The van der Waals surface area contributed by atoms with Crippen LogP contribution in [0.3, 0.4) is 0 Å². The SMILES string of the molecule is COc1c(O)cc(Br)c(C2(N=C=O)CCC2)c1F. The van der Waals surface area contributed by atoms with Crippen LogP contribution in [0.1, 0.15) is 24.8 Å². The van der Waals surface area contributed by atoms with E-state index in [-0.39, 0.29) is 17.1 Å². The van der Waals surface area contributed by atoms with Gasteiger partial charge < -0.3 is 9.84 Å². The summed E-state index contributed by atoms with van der Waals surface area (Å²) in [7, 11) is 1.27. The number of aromatic hydroxyl groups is 1. The highest BCUT2D eigenvalue weighted by atomic mass is 79.9. The van der Waals surface area contributed by atoms with E-state index in [1.54, 1.807) is 0 Å². The van der Waals surface area contributed by atoms with Gasteiger partial charge in [-0.3, -0.25) is 0 Å². The molecule has 1 aliphatic rings. The Bertz CT molecular complexity index is 537. The second kappa shape index (κ2) is 4.71. The summed E-state index contributed by atoms with van der Waals surface area (Å²) in [4.78, 5) is 14.3. The van der Waals surface area contributed by atoms with Crippen molar-refractivity contribution in [1.29, 1.82) is 0 Å². The first-order chi connectivity index (χ1) is 8.55. The number of methoxy groups -OCH3 is 1. The Labute approximate surface area is 112 Å². The Kier molecular flexibility index (Phi) is 3.41. The molecule has 0 atom stereocenters. The van der Waals surface area contributed by atoms with E-state index in [1.807, 2.05) is 0 Å². The molecule has 0 aromatic heterocycles. The molecule has 1 aromatic rings. The number of isocyanates is 1. The van der Waals surface area contributed by atoms with Gasteiger partial charge in [0, 0.05) is 10.0 Å². The van der Waals surface area contributed by atoms with Crippen molar-refractivity contribution in [2.24, 2.45) is 4.99 Å². The van der Waals surface area contributed by atoms with E-state index in [1.165, 1.54) is 19.3 Å². The molecule has 1 aliphatic carbocycles. The number of hydrogen-bond donors (Lipinski definition) is 1. The largest absolute Gasteiger partial charge is 0.504 e. The zero-order chi connectivity index (χ0) is 13.3. The second-order valence-corrected chi connectivity index (χ2v) is 5.04. The van der Waals surface area contributed by atoms with Crippen LogP contribution in [0, 0.1) is 5.82 Å². The van der Waals surface area contributed by atoms with Crippen LogP contribution in [0.15, 0.2) is 15.5 Å². The fourth-order valence-electron chi connectivity index (χ4n) is 2.23. The van der Waals surface area contributed by atoms with E-state index in [4.69, 9.17) is 4.74 Å². The average molecular weight is 316 g/mol. The Morgan fingerprint density at radius 2 is 2.28 bits per heavy atom. The number of carbonyl (C=O) groups excluding carboxylic acids is 1. The third-order valence-electron chi connectivity index (χ3n) is 3.26. The summed E-state index contributed by atoms with van der Waals surface area (Å²) in [5.74, 6) is -1.22. The summed E-state index contributed by atoms with van der Waals surface area (Å²) in [5.41, 5.74) is -0.641.